The highest BCUT2D eigenvalue weighted by molar-refractivity contribution is 6.08. The zero-order chi connectivity index (χ0) is 32.0. The molecule has 0 N–H and O–H groups in total. The zero-order valence-electron chi connectivity index (χ0n) is 26.9. The molecule has 1 spiro atoms. The fourth-order valence-electron chi connectivity index (χ4n) is 10.3. The molecule has 228 valence electrons. The predicted molar refractivity (Wildman–Crippen MR) is 191 cm³/mol. The summed E-state index contributed by atoms with van der Waals surface area (Å²) in [7, 11) is 0. The minimum Gasteiger partial charge on any atom is -0.456 e. The first kappa shape index (κ1) is 24.9. The van der Waals surface area contributed by atoms with Crippen LogP contribution in [0.5, 0.6) is 11.5 Å². The third-order valence-electron chi connectivity index (χ3n) is 12.1. The van der Waals surface area contributed by atoms with Crippen molar-refractivity contribution in [1.82, 2.24) is 4.57 Å². The molecule has 5 heteroatoms. The average molecular weight is 629 g/mol. The van der Waals surface area contributed by atoms with Crippen molar-refractivity contribution in [2.45, 2.75) is 24.9 Å². The molecule has 1 atom stereocenters. The van der Waals surface area contributed by atoms with Crippen molar-refractivity contribution in [3.8, 4) is 39.4 Å². The van der Waals surface area contributed by atoms with Crippen molar-refractivity contribution in [2.75, 3.05) is 4.90 Å². The minimum atomic E-state index is -0.765. The number of anilines is 3. The molecule has 5 aromatic carbocycles. The van der Waals surface area contributed by atoms with Crippen LogP contribution in [0, 0.1) is 0 Å². The smallest absolute Gasteiger partial charge is 0.321 e. The summed E-state index contributed by atoms with van der Waals surface area (Å²) in [5.41, 5.74) is 15.0. The van der Waals surface area contributed by atoms with Gasteiger partial charge in [-0.2, -0.15) is 18.6 Å². The van der Waals surface area contributed by atoms with E-state index in [9.17, 15) is 0 Å². The first-order chi connectivity index (χ1) is 24.1. The topological polar surface area (TPSA) is 25.2 Å². The molecule has 8 aromatic rings. The molecular formula is C44H28N4O+2. The molecule has 0 amide bonds. The van der Waals surface area contributed by atoms with Gasteiger partial charge in [-0.3, -0.25) is 0 Å². The number of ether oxygens (including phenoxy) is 1. The summed E-state index contributed by atoms with van der Waals surface area (Å²) in [6.45, 7) is 4.79. The Hall–Kier alpha value is -6.20. The second-order valence-corrected chi connectivity index (χ2v) is 14.6. The summed E-state index contributed by atoms with van der Waals surface area (Å²) >= 11 is 0. The van der Waals surface area contributed by atoms with Crippen molar-refractivity contribution in [3.63, 3.8) is 0 Å². The summed E-state index contributed by atoms with van der Waals surface area (Å²) < 4.78 is 14.7. The maximum Gasteiger partial charge on any atom is 0.321 e. The summed E-state index contributed by atoms with van der Waals surface area (Å²) in [6, 6.07) is 44.9. The highest BCUT2D eigenvalue weighted by atomic mass is 16.5. The van der Waals surface area contributed by atoms with E-state index in [4.69, 9.17) is 4.74 Å². The maximum atomic E-state index is 7.08. The van der Waals surface area contributed by atoms with Gasteiger partial charge in [0.1, 0.15) is 39.5 Å². The Labute approximate surface area is 282 Å². The van der Waals surface area contributed by atoms with Crippen molar-refractivity contribution < 1.29 is 13.9 Å². The van der Waals surface area contributed by atoms with E-state index in [-0.39, 0.29) is 5.41 Å². The molecule has 0 radical (unpaired) electrons. The third kappa shape index (κ3) is 2.44. The van der Waals surface area contributed by atoms with Crippen LogP contribution in [0.2, 0.25) is 0 Å². The van der Waals surface area contributed by atoms with Gasteiger partial charge < -0.3 is 4.74 Å². The van der Waals surface area contributed by atoms with Gasteiger partial charge in [-0.1, -0.05) is 80.6 Å². The Bertz CT molecular complexity index is 2920. The molecule has 0 fully saturated rings. The Morgan fingerprint density at radius 3 is 2.16 bits per heavy atom. The minimum absolute atomic E-state index is 0.260. The lowest BCUT2D eigenvalue weighted by molar-refractivity contribution is -0.958. The summed E-state index contributed by atoms with van der Waals surface area (Å²) in [6.07, 6.45) is 4.61. The molecular weight excluding hydrogens is 601 g/mol. The van der Waals surface area contributed by atoms with E-state index in [1.54, 1.807) is 0 Å². The van der Waals surface area contributed by atoms with Crippen LogP contribution in [0.3, 0.4) is 0 Å². The standard InChI is InChI=1S/C44H28N4O/c1-43(2)31-17-7-14-28-25-11-3-4-12-26(25)29-15-9-24-46-42(29)48(39(28)31)40-32(43)21-22-36-38(40)44(46)37-34(19-8-20-35(37)49-36)47-33-18-6-5-13-27(33)30-16-10-23-45(44)41(30)47/h3-24H,1-2H3/q+2. The number of hydrogen-bond donors (Lipinski definition) is 0. The molecule has 3 aromatic heterocycles. The van der Waals surface area contributed by atoms with Gasteiger partial charge in [0.2, 0.25) is 0 Å². The van der Waals surface area contributed by atoms with Crippen LogP contribution in [0.1, 0.15) is 36.1 Å². The largest absolute Gasteiger partial charge is 0.456 e. The molecule has 0 saturated carbocycles. The highest BCUT2D eigenvalue weighted by Crippen LogP contribution is 2.65. The Morgan fingerprint density at radius 2 is 1.24 bits per heavy atom. The van der Waals surface area contributed by atoms with Crippen LogP contribution in [-0.4, -0.2) is 4.57 Å². The number of hydrogen-bond acceptors (Lipinski definition) is 2. The number of benzene rings is 5. The van der Waals surface area contributed by atoms with E-state index in [1.807, 2.05) is 0 Å². The van der Waals surface area contributed by atoms with Gasteiger partial charge in [0.15, 0.2) is 5.69 Å². The highest BCUT2D eigenvalue weighted by Gasteiger charge is 2.67. The van der Waals surface area contributed by atoms with Crippen molar-refractivity contribution in [3.05, 3.63) is 156 Å². The van der Waals surface area contributed by atoms with Crippen LogP contribution in [0.25, 0.3) is 49.9 Å². The average Bonchev–Trinajstić information content (AvgIpc) is 3.41. The van der Waals surface area contributed by atoms with E-state index in [1.165, 1.54) is 78.1 Å². The molecule has 5 aliphatic rings. The molecule has 8 heterocycles. The van der Waals surface area contributed by atoms with E-state index < -0.39 is 5.66 Å². The maximum absolute atomic E-state index is 7.08. The molecule has 0 saturated heterocycles. The third-order valence-corrected chi connectivity index (χ3v) is 12.1. The van der Waals surface area contributed by atoms with Gasteiger partial charge in [-0.25, -0.2) is 0 Å². The Morgan fingerprint density at radius 1 is 0.551 bits per heavy atom. The Kier molecular flexibility index (Phi) is 3.93. The number of rotatable bonds is 0. The van der Waals surface area contributed by atoms with E-state index >= 15 is 0 Å². The quantitative estimate of drug-likeness (QED) is 0.157. The lowest BCUT2D eigenvalue weighted by atomic mass is 9.69. The molecule has 49 heavy (non-hydrogen) atoms. The lowest BCUT2D eigenvalue weighted by Crippen LogP contribution is -2.79. The van der Waals surface area contributed by atoms with Crippen LogP contribution in [0.4, 0.5) is 17.2 Å². The SMILES string of the molecule is CC1(C)c2cccc3c2N2c4c1ccc1c4C4(c5c(cccc5-n5c6ccccc6c6ccc[n+]4c65)O1)[n+]1cccc(c12)-c1ccccc1-3. The normalized spacial score (nSPS) is 18.4. The van der Waals surface area contributed by atoms with Crippen LogP contribution in [-0.2, 0) is 11.1 Å². The van der Waals surface area contributed by atoms with Gasteiger partial charge >= 0.3 is 5.66 Å². The van der Waals surface area contributed by atoms with E-state index in [2.05, 4.69) is 166 Å². The fraction of sp³-hybridized carbons (Fsp3) is 0.0909. The van der Waals surface area contributed by atoms with E-state index in [0.29, 0.717) is 0 Å². The molecule has 0 aliphatic carbocycles. The number of fused-ring (bicyclic) bond motifs is 7. The number of pyridine rings is 2. The Balaban J connectivity index is 1.34. The van der Waals surface area contributed by atoms with Gasteiger partial charge in [0.25, 0.3) is 11.5 Å². The van der Waals surface area contributed by atoms with Crippen molar-refractivity contribution in [1.29, 1.82) is 0 Å². The van der Waals surface area contributed by atoms with Crippen LogP contribution >= 0.6 is 0 Å². The fourth-order valence-corrected chi connectivity index (χ4v) is 10.3. The zero-order valence-corrected chi connectivity index (χ0v) is 26.9. The van der Waals surface area contributed by atoms with Gasteiger partial charge in [-0.05, 0) is 65.7 Å². The summed E-state index contributed by atoms with van der Waals surface area (Å²) in [5.74, 6) is 2.97. The second kappa shape index (κ2) is 7.74. The summed E-state index contributed by atoms with van der Waals surface area (Å²) in [5, 5.41) is 2.49. The molecule has 1 unspecified atom stereocenters. The first-order valence-electron chi connectivity index (χ1n) is 17.1. The second-order valence-electron chi connectivity index (χ2n) is 14.6. The monoisotopic (exact) mass is 628 g/mol. The molecule has 5 nitrogen and oxygen atoms in total. The molecule has 13 rings (SSSR count). The number of para-hydroxylation sites is 2. The lowest BCUT2D eigenvalue weighted by Gasteiger charge is -2.47. The first-order valence-corrected chi connectivity index (χ1v) is 17.1. The predicted octanol–water partition coefficient (Wildman–Crippen LogP) is 9.15. The van der Waals surface area contributed by atoms with Crippen molar-refractivity contribution >= 4 is 39.1 Å². The molecule has 0 bridgehead atoms. The van der Waals surface area contributed by atoms with Crippen LogP contribution < -0.4 is 18.8 Å². The van der Waals surface area contributed by atoms with Gasteiger partial charge in [-0.15, -0.1) is 0 Å². The molecule has 5 aliphatic heterocycles. The van der Waals surface area contributed by atoms with E-state index in [0.717, 1.165) is 22.7 Å². The summed E-state index contributed by atoms with van der Waals surface area (Å²) in [4.78, 5) is 2.59. The van der Waals surface area contributed by atoms with Gasteiger partial charge in [0.05, 0.1) is 23.3 Å². The number of aromatic nitrogens is 3. The van der Waals surface area contributed by atoms with Gasteiger partial charge in [0, 0.05) is 27.5 Å². The van der Waals surface area contributed by atoms with Crippen molar-refractivity contribution in [2.24, 2.45) is 0 Å². The van der Waals surface area contributed by atoms with Crippen LogP contribution in [0.15, 0.2) is 134 Å². The number of nitrogens with zero attached hydrogens (tertiary/aromatic N) is 4.